The summed E-state index contributed by atoms with van der Waals surface area (Å²) in [6, 6.07) is 5.76. The van der Waals surface area contributed by atoms with E-state index in [1.807, 2.05) is 0 Å². The number of hydrogen-bond donors (Lipinski definition) is 2. The molecule has 0 aliphatic heterocycles. The lowest BCUT2D eigenvalue weighted by Crippen LogP contribution is -2.30. The van der Waals surface area contributed by atoms with Crippen LogP contribution >= 0.6 is 23.2 Å². The average molecular weight is 385 g/mol. The topological polar surface area (TPSA) is 97.8 Å². The number of nitrogens with one attached hydrogen (secondary N) is 1. The summed E-state index contributed by atoms with van der Waals surface area (Å²) in [5.41, 5.74) is -0.123. The monoisotopic (exact) mass is 384 g/mol. The maximum absolute atomic E-state index is 12.1. The molecule has 2 N–H and O–H groups in total. The Hall–Kier alpha value is -2.51. The molecular formula is C16H14Cl2N2O5. The third-order valence-electron chi connectivity index (χ3n) is 3.14. The second kappa shape index (κ2) is 8.04. The minimum atomic E-state index is -1.16. The van der Waals surface area contributed by atoms with Gasteiger partial charge in [-0.1, -0.05) is 29.3 Å². The molecule has 1 heterocycles. The summed E-state index contributed by atoms with van der Waals surface area (Å²) in [6.45, 7) is 1.37. The van der Waals surface area contributed by atoms with Crippen LogP contribution < -0.4 is 10.1 Å². The number of nitrogens with zero attached hydrogens (tertiary/aromatic N) is 1. The van der Waals surface area contributed by atoms with Gasteiger partial charge in [-0.3, -0.25) is 4.79 Å². The number of anilines is 1. The molecule has 2 rings (SSSR count). The van der Waals surface area contributed by atoms with Gasteiger partial charge in [-0.15, -0.1) is 0 Å². The van der Waals surface area contributed by atoms with Crippen LogP contribution in [0.2, 0.25) is 10.0 Å². The molecule has 0 aliphatic carbocycles. The van der Waals surface area contributed by atoms with Crippen molar-refractivity contribution in [2.24, 2.45) is 0 Å². The molecular weight excluding hydrogens is 371 g/mol. The summed E-state index contributed by atoms with van der Waals surface area (Å²) in [4.78, 5) is 28.1. The summed E-state index contributed by atoms with van der Waals surface area (Å²) in [7, 11) is 1.35. The molecule has 2 aromatic rings. The predicted molar refractivity (Wildman–Crippen MR) is 92.4 cm³/mol. The summed E-state index contributed by atoms with van der Waals surface area (Å²) < 4.78 is 9.97. The molecule has 0 aliphatic rings. The average Bonchev–Trinajstić information content (AvgIpc) is 2.57. The fraction of sp³-hybridized carbons (Fsp3) is 0.188. The highest BCUT2D eigenvalue weighted by Gasteiger charge is 2.23. The normalized spacial score (nSPS) is 11.5. The van der Waals surface area contributed by atoms with Gasteiger partial charge in [0.15, 0.2) is 23.4 Å². The Kier molecular flexibility index (Phi) is 6.06. The number of aromatic nitrogens is 1. The van der Waals surface area contributed by atoms with Gasteiger partial charge in [0.25, 0.3) is 5.91 Å². The summed E-state index contributed by atoms with van der Waals surface area (Å²) in [5.74, 6) is -1.70. The minimum absolute atomic E-state index is 0.0863. The summed E-state index contributed by atoms with van der Waals surface area (Å²) in [5, 5.41) is 12.8. The second-order valence-electron chi connectivity index (χ2n) is 4.88. The predicted octanol–water partition coefficient (Wildman–Crippen LogP) is 3.29. The number of aromatic hydroxyl groups is 1. The highest BCUT2D eigenvalue weighted by atomic mass is 35.5. The Bertz CT molecular complexity index is 813. The number of esters is 1. The van der Waals surface area contributed by atoms with E-state index in [1.54, 1.807) is 0 Å². The molecule has 132 valence electrons. The number of para-hydroxylation sites is 1. The molecule has 1 atom stereocenters. The van der Waals surface area contributed by atoms with E-state index >= 15 is 0 Å². The number of phenolic OH excluding ortho intramolecular Hbond substituents is 1. The number of phenols is 1. The number of amides is 1. The van der Waals surface area contributed by atoms with Crippen molar-refractivity contribution >= 4 is 40.9 Å². The quantitative estimate of drug-likeness (QED) is 0.767. The molecule has 0 fully saturated rings. The smallest absolute Gasteiger partial charge is 0.342 e. The van der Waals surface area contributed by atoms with E-state index in [9.17, 15) is 14.7 Å². The lowest BCUT2D eigenvalue weighted by Gasteiger charge is -2.14. The number of rotatable bonds is 5. The van der Waals surface area contributed by atoms with Crippen molar-refractivity contribution in [3.05, 3.63) is 46.1 Å². The van der Waals surface area contributed by atoms with Gasteiger partial charge in [0.2, 0.25) is 0 Å². The van der Waals surface area contributed by atoms with Gasteiger partial charge in [-0.2, -0.15) is 0 Å². The lowest BCUT2D eigenvalue weighted by molar-refractivity contribution is -0.123. The Labute approximate surface area is 153 Å². The first kappa shape index (κ1) is 18.8. The first-order valence-electron chi connectivity index (χ1n) is 7.02. The minimum Gasteiger partial charge on any atom is -0.504 e. The largest absolute Gasteiger partial charge is 0.504 e. The van der Waals surface area contributed by atoms with Crippen LogP contribution in [-0.4, -0.2) is 35.2 Å². The second-order valence-corrected chi connectivity index (χ2v) is 5.72. The van der Waals surface area contributed by atoms with Gasteiger partial charge in [0.1, 0.15) is 5.56 Å². The van der Waals surface area contributed by atoms with Crippen molar-refractivity contribution < 1.29 is 24.2 Å². The van der Waals surface area contributed by atoms with Crippen LogP contribution in [0.15, 0.2) is 30.5 Å². The molecule has 1 unspecified atom stereocenters. The number of pyridine rings is 1. The molecule has 0 spiro atoms. The van der Waals surface area contributed by atoms with E-state index in [2.05, 4.69) is 10.3 Å². The fourth-order valence-corrected chi connectivity index (χ4v) is 2.28. The van der Waals surface area contributed by atoms with E-state index < -0.39 is 18.0 Å². The van der Waals surface area contributed by atoms with Crippen molar-refractivity contribution in [1.82, 2.24) is 4.98 Å². The highest BCUT2D eigenvalue weighted by molar-refractivity contribution is 6.36. The van der Waals surface area contributed by atoms with E-state index in [-0.39, 0.29) is 27.9 Å². The van der Waals surface area contributed by atoms with Gasteiger partial charge >= 0.3 is 5.97 Å². The maximum atomic E-state index is 12.1. The molecule has 0 saturated carbocycles. The van der Waals surface area contributed by atoms with Crippen molar-refractivity contribution in [3.63, 3.8) is 0 Å². The van der Waals surface area contributed by atoms with Crippen molar-refractivity contribution in [1.29, 1.82) is 0 Å². The van der Waals surface area contributed by atoms with Crippen molar-refractivity contribution in [2.75, 3.05) is 12.4 Å². The zero-order valence-corrected chi connectivity index (χ0v) is 14.8. The van der Waals surface area contributed by atoms with Gasteiger partial charge in [-0.05, 0) is 25.1 Å². The van der Waals surface area contributed by atoms with Gasteiger partial charge in [-0.25, -0.2) is 9.78 Å². The van der Waals surface area contributed by atoms with E-state index in [0.717, 1.165) is 0 Å². The molecule has 0 saturated heterocycles. The van der Waals surface area contributed by atoms with E-state index in [0.29, 0.717) is 5.02 Å². The molecule has 1 aromatic heterocycles. The third kappa shape index (κ3) is 4.52. The van der Waals surface area contributed by atoms with Gasteiger partial charge in [0.05, 0.1) is 17.2 Å². The maximum Gasteiger partial charge on any atom is 0.342 e. The van der Waals surface area contributed by atoms with E-state index in [4.69, 9.17) is 32.7 Å². The van der Waals surface area contributed by atoms with Crippen LogP contribution in [0.5, 0.6) is 11.5 Å². The zero-order valence-electron chi connectivity index (χ0n) is 13.2. The van der Waals surface area contributed by atoms with Crippen LogP contribution in [0.3, 0.4) is 0 Å². The number of benzene rings is 1. The highest BCUT2D eigenvalue weighted by Crippen LogP contribution is 2.30. The van der Waals surface area contributed by atoms with Crippen LogP contribution in [0.1, 0.15) is 17.3 Å². The molecule has 9 heteroatoms. The zero-order chi connectivity index (χ0) is 18.6. The molecule has 25 heavy (non-hydrogen) atoms. The van der Waals surface area contributed by atoms with Crippen LogP contribution in [0.25, 0.3) is 0 Å². The van der Waals surface area contributed by atoms with Crippen LogP contribution in [0, 0.1) is 0 Å². The van der Waals surface area contributed by atoms with Crippen LogP contribution in [0.4, 0.5) is 5.82 Å². The summed E-state index contributed by atoms with van der Waals surface area (Å²) in [6.07, 6.45) is 0.153. The molecule has 1 amide bonds. The SMILES string of the molecule is COc1cccc(C(=O)OC(C)C(=O)Nc2ncc(Cl)cc2Cl)c1O. The Balaban J connectivity index is 2.07. The van der Waals surface area contributed by atoms with Crippen LogP contribution in [-0.2, 0) is 9.53 Å². The summed E-state index contributed by atoms with van der Waals surface area (Å²) >= 11 is 11.6. The fourth-order valence-electron chi connectivity index (χ4n) is 1.85. The lowest BCUT2D eigenvalue weighted by atomic mass is 10.2. The molecule has 0 radical (unpaired) electrons. The standard InChI is InChI=1S/C16H14Cl2N2O5/c1-8(15(22)20-14-11(18)6-9(17)7-19-14)25-16(23)10-4-3-5-12(24-2)13(10)21/h3-8,21H,1-2H3,(H,19,20,22). The Morgan fingerprint density at radius 2 is 2.04 bits per heavy atom. The number of ether oxygens (including phenoxy) is 2. The Morgan fingerprint density at radius 1 is 1.32 bits per heavy atom. The van der Waals surface area contributed by atoms with Crippen molar-refractivity contribution in [2.45, 2.75) is 13.0 Å². The van der Waals surface area contributed by atoms with E-state index in [1.165, 1.54) is 44.5 Å². The number of halogens is 2. The first-order chi connectivity index (χ1) is 11.8. The number of carbonyl (C=O) groups is 2. The first-order valence-corrected chi connectivity index (χ1v) is 7.78. The van der Waals surface area contributed by atoms with Crippen molar-refractivity contribution in [3.8, 4) is 11.5 Å². The third-order valence-corrected chi connectivity index (χ3v) is 3.64. The Morgan fingerprint density at radius 3 is 2.68 bits per heavy atom. The number of hydrogen-bond acceptors (Lipinski definition) is 6. The number of methoxy groups -OCH3 is 1. The number of carbonyl (C=O) groups excluding carboxylic acids is 2. The molecule has 0 bridgehead atoms. The molecule has 7 nitrogen and oxygen atoms in total. The van der Waals surface area contributed by atoms with Gasteiger partial charge < -0.3 is 19.9 Å². The molecule has 1 aromatic carbocycles. The van der Waals surface area contributed by atoms with Gasteiger partial charge in [0, 0.05) is 6.20 Å².